The third kappa shape index (κ3) is 5.61. The van der Waals surface area contributed by atoms with E-state index in [9.17, 15) is 4.79 Å². The molecule has 3 aliphatic rings. The van der Waals surface area contributed by atoms with Crippen molar-refractivity contribution in [1.29, 1.82) is 0 Å². The Kier molecular flexibility index (Phi) is 7.09. The van der Waals surface area contributed by atoms with Crippen LogP contribution in [0.1, 0.15) is 68.6 Å². The average Bonchev–Trinajstić information content (AvgIpc) is 3.56. The van der Waals surface area contributed by atoms with Gasteiger partial charge in [-0.2, -0.15) is 0 Å². The lowest BCUT2D eigenvalue weighted by Crippen LogP contribution is -2.47. The lowest BCUT2D eigenvalue weighted by Gasteiger charge is -2.38. The van der Waals surface area contributed by atoms with Crippen LogP contribution in [-0.4, -0.2) is 43.1 Å². The summed E-state index contributed by atoms with van der Waals surface area (Å²) in [5.41, 5.74) is 6.94. The molecule has 1 aromatic carbocycles. The van der Waals surface area contributed by atoms with Crippen molar-refractivity contribution in [1.82, 2.24) is 10.2 Å². The van der Waals surface area contributed by atoms with Gasteiger partial charge in [-0.15, -0.1) is 0 Å². The first kappa shape index (κ1) is 21.8. The summed E-state index contributed by atoms with van der Waals surface area (Å²) in [5.74, 6) is 2.42. The molecule has 0 aromatic heterocycles. The third-order valence-electron chi connectivity index (χ3n) is 7.11. The standard InChI is InChI=1S/C24H36ClN3O2/c1-16-8-10-28(11-9-16)14-18-4-2-3-5-22(18)27-24(29)19-12-20(25)21(26)13-23(19)30-15-17-6-7-17/h12-13,16-18,22H,2-11,14-15,26H2,1H3,(H,27,29). The van der Waals surface area contributed by atoms with Gasteiger partial charge in [0.15, 0.2) is 0 Å². The van der Waals surface area contributed by atoms with Gasteiger partial charge in [0.1, 0.15) is 5.75 Å². The molecule has 0 radical (unpaired) electrons. The highest BCUT2D eigenvalue weighted by Gasteiger charge is 2.30. The van der Waals surface area contributed by atoms with Gasteiger partial charge in [0, 0.05) is 18.7 Å². The summed E-state index contributed by atoms with van der Waals surface area (Å²) >= 11 is 6.25. The van der Waals surface area contributed by atoms with E-state index in [2.05, 4.69) is 17.1 Å². The molecule has 1 aromatic rings. The highest BCUT2D eigenvalue weighted by molar-refractivity contribution is 6.33. The molecule has 1 heterocycles. The number of nitrogen functional groups attached to an aromatic ring is 1. The second-order valence-corrected chi connectivity index (χ2v) is 10.1. The maximum Gasteiger partial charge on any atom is 0.255 e. The molecule has 2 unspecified atom stereocenters. The first-order valence-electron chi connectivity index (χ1n) is 11.7. The Morgan fingerprint density at radius 2 is 1.90 bits per heavy atom. The second kappa shape index (κ2) is 9.78. The van der Waals surface area contributed by atoms with Crippen LogP contribution in [0.15, 0.2) is 12.1 Å². The Labute approximate surface area is 185 Å². The van der Waals surface area contributed by atoms with Gasteiger partial charge in [0.25, 0.3) is 5.91 Å². The van der Waals surface area contributed by atoms with Gasteiger partial charge in [-0.25, -0.2) is 0 Å². The van der Waals surface area contributed by atoms with E-state index in [-0.39, 0.29) is 11.9 Å². The number of piperidine rings is 1. The Balaban J connectivity index is 1.42. The molecule has 0 bridgehead atoms. The second-order valence-electron chi connectivity index (χ2n) is 9.73. The van der Waals surface area contributed by atoms with E-state index in [1.807, 2.05) is 0 Å². The predicted molar refractivity (Wildman–Crippen MR) is 122 cm³/mol. The van der Waals surface area contributed by atoms with Gasteiger partial charge in [-0.1, -0.05) is 31.4 Å². The van der Waals surface area contributed by atoms with Crippen LogP contribution >= 0.6 is 11.6 Å². The minimum atomic E-state index is -0.0909. The molecule has 2 saturated carbocycles. The molecule has 3 fully saturated rings. The van der Waals surface area contributed by atoms with Gasteiger partial charge < -0.3 is 20.7 Å². The van der Waals surface area contributed by atoms with Crippen molar-refractivity contribution < 1.29 is 9.53 Å². The molecule has 1 aliphatic heterocycles. The van der Waals surface area contributed by atoms with Crippen LogP contribution in [0, 0.1) is 17.8 Å². The topological polar surface area (TPSA) is 67.6 Å². The molecule has 3 N–H and O–H groups in total. The van der Waals surface area contributed by atoms with Crippen molar-refractivity contribution in [3.63, 3.8) is 0 Å². The molecule has 5 nitrogen and oxygen atoms in total. The van der Waals surface area contributed by atoms with Crippen LogP contribution in [0.2, 0.25) is 5.02 Å². The van der Waals surface area contributed by atoms with Crippen LogP contribution in [-0.2, 0) is 0 Å². The number of carbonyl (C=O) groups excluding carboxylic acids is 1. The van der Waals surface area contributed by atoms with Crippen molar-refractivity contribution in [3.8, 4) is 5.75 Å². The summed E-state index contributed by atoms with van der Waals surface area (Å²) in [6.45, 7) is 6.45. The number of benzene rings is 1. The van der Waals surface area contributed by atoms with Crippen molar-refractivity contribution in [2.24, 2.45) is 17.8 Å². The zero-order valence-electron chi connectivity index (χ0n) is 18.2. The van der Waals surface area contributed by atoms with E-state index in [0.717, 1.165) is 18.9 Å². The van der Waals surface area contributed by atoms with Crippen LogP contribution in [0.4, 0.5) is 5.69 Å². The van der Waals surface area contributed by atoms with Gasteiger partial charge in [0.05, 0.1) is 22.9 Å². The van der Waals surface area contributed by atoms with Gasteiger partial charge >= 0.3 is 0 Å². The monoisotopic (exact) mass is 433 g/mol. The molecule has 166 valence electrons. The molecule has 0 spiro atoms. The van der Waals surface area contributed by atoms with Gasteiger partial charge in [0.2, 0.25) is 0 Å². The zero-order valence-corrected chi connectivity index (χ0v) is 18.9. The maximum absolute atomic E-state index is 13.2. The number of hydrogen-bond acceptors (Lipinski definition) is 4. The number of likely N-dealkylation sites (tertiary alicyclic amines) is 1. The smallest absolute Gasteiger partial charge is 0.255 e. The highest BCUT2D eigenvalue weighted by atomic mass is 35.5. The molecular weight excluding hydrogens is 398 g/mol. The van der Waals surface area contributed by atoms with Crippen LogP contribution < -0.4 is 15.8 Å². The van der Waals surface area contributed by atoms with Crippen molar-refractivity contribution in [2.75, 3.05) is 32.0 Å². The summed E-state index contributed by atoms with van der Waals surface area (Å²) < 4.78 is 5.96. The molecular formula is C24H36ClN3O2. The van der Waals surface area contributed by atoms with E-state index in [1.54, 1.807) is 12.1 Å². The van der Waals surface area contributed by atoms with Crippen LogP contribution in [0.5, 0.6) is 5.75 Å². The SMILES string of the molecule is CC1CCN(CC2CCCCC2NC(=O)c2cc(Cl)c(N)cc2OCC2CC2)CC1. The molecule has 4 rings (SSSR count). The Morgan fingerprint density at radius 1 is 1.17 bits per heavy atom. The summed E-state index contributed by atoms with van der Waals surface area (Å²) in [7, 11) is 0. The minimum absolute atomic E-state index is 0.0909. The number of nitrogens with two attached hydrogens (primary N) is 1. The number of halogens is 1. The van der Waals surface area contributed by atoms with Crippen LogP contribution in [0.3, 0.4) is 0 Å². The average molecular weight is 434 g/mol. The molecule has 6 heteroatoms. The first-order valence-corrected chi connectivity index (χ1v) is 12.1. The zero-order chi connectivity index (χ0) is 21.1. The van der Waals surface area contributed by atoms with Crippen LogP contribution in [0.25, 0.3) is 0 Å². The molecule has 2 aliphatic carbocycles. The van der Waals surface area contributed by atoms with Crippen molar-refractivity contribution >= 4 is 23.2 Å². The largest absolute Gasteiger partial charge is 0.492 e. The number of ether oxygens (including phenoxy) is 1. The Bertz CT molecular complexity index is 744. The predicted octanol–water partition coefficient (Wildman–Crippen LogP) is 4.73. The number of rotatable bonds is 7. The Hall–Kier alpha value is -1.46. The quantitative estimate of drug-likeness (QED) is 0.610. The summed E-state index contributed by atoms with van der Waals surface area (Å²) in [6, 6.07) is 3.57. The first-order chi connectivity index (χ1) is 14.5. The summed E-state index contributed by atoms with van der Waals surface area (Å²) in [5, 5.41) is 3.73. The number of nitrogens with one attached hydrogen (secondary N) is 1. The lowest BCUT2D eigenvalue weighted by molar-refractivity contribution is 0.0864. The number of amides is 1. The number of anilines is 1. The molecule has 1 amide bonds. The summed E-state index contributed by atoms with van der Waals surface area (Å²) in [4.78, 5) is 15.8. The number of nitrogens with zero attached hydrogens (tertiary/aromatic N) is 1. The number of carbonyl (C=O) groups is 1. The van der Waals surface area contributed by atoms with E-state index in [0.29, 0.717) is 40.5 Å². The van der Waals surface area contributed by atoms with Gasteiger partial charge in [-0.3, -0.25) is 4.79 Å². The van der Waals surface area contributed by atoms with Crippen molar-refractivity contribution in [3.05, 3.63) is 22.7 Å². The van der Waals surface area contributed by atoms with E-state index >= 15 is 0 Å². The number of hydrogen-bond donors (Lipinski definition) is 2. The Morgan fingerprint density at radius 3 is 2.63 bits per heavy atom. The van der Waals surface area contributed by atoms with E-state index < -0.39 is 0 Å². The van der Waals surface area contributed by atoms with Crippen molar-refractivity contribution in [2.45, 2.75) is 64.3 Å². The normalized spacial score (nSPS) is 25.8. The molecule has 30 heavy (non-hydrogen) atoms. The van der Waals surface area contributed by atoms with Gasteiger partial charge in [-0.05, 0) is 75.4 Å². The maximum atomic E-state index is 13.2. The lowest BCUT2D eigenvalue weighted by atomic mass is 9.83. The summed E-state index contributed by atoms with van der Waals surface area (Å²) in [6.07, 6.45) is 9.63. The highest BCUT2D eigenvalue weighted by Crippen LogP contribution is 2.34. The fourth-order valence-corrected chi connectivity index (χ4v) is 4.96. The minimum Gasteiger partial charge on any atom is -0.492 e. The fraction of sp³-hybridized carbons (Fsp3) is 0.708. The third-order valence-corrected chi connectivity index (χ3v) is 7.44. The molecule has 1 saturated heterocycles. The van der Waals surface area contributed by atoms with E-state index in [1.165, 1.54) is 58.0 Å². The fourth-order valence-electron chi connectivity index (χ4n) is 4.80. The molecule has 2 atom stereocenters. The van der Waals surface area contributed by atoms with E-state index in [4.69, 9.17) is 22.1 Å².